The van der Waals surface area contributed by atoms with Gasteiger partial charge in [0.1, 0.15) is 5.82 Å². The molecule has 4 fully saturated rings. The first kappa shape index (κ1) is 20.1. The number of carbonyl (C=O) groups excluding carboxylic acids is 1. The molecule has 0 unspecified atom stereocenters. The summed E-state index contributed by atoms with van der Waals surface area (Å²) in [6.07, 6.45) is 9.10. The average molecular weight is 425 g/mol. The van der Waals surface area contributed by atoms with Crippen LogP contribution in [0.5, 0.6) is 0 Å². The maximum atomic E-state index is 12.6. The Hall–Kier alpha value is -1.82. The molecule has 30 heavy (non-hydrogen) atoms. The molecule has 1 heterocycles. The van der Waals surface area contributed by atoms with E-state index in [1.807, 2.05) is 18.2 Å². The number of thioether (sulfide) groups is 1. The molecule has 6 rings (SSSR count). The first-order valence-corrected chi connectivity index (χ1v) is 12.5. The molecule has 5 nitrogen and oxygen atoms in total. The number of carbonyl (C=O) groups is 1. The van der Waals surface area contributed by atoms with Crippen molar-refractivity contribution in [3.63, 3.8) is 0 Å². The van der Waals surface area contributed by atoms with E-state index in [4.69, 9.17) is 0 Å². The summed E-state index contributed by atoms with van der Waals surface area (Å²) >= 11 is 1.51. The Balaban J connectivity index is 1.15. The van der Waals surface area contributed by atoms with Crippen LogP contribution in [0.25, 0.3) is 0 Å². The normalized spacial score (nSPS) is 29.3. The predicted octanol–water partition coefficient (Wildman–Crippen LogP) is 4.31. The number of aromatic nitrogens is 3. The van der Waals surface area contributed by atoms with Crippen LogP contribution >= 0.6 is 11.8 Å². The molecular weight excluding hydrogens is 392 g/mol. The van der Waals surface area contributed by atoms with Crippen molar-refractivity contribution in [3.05, 3.63) is 41.7 Å². The highest BCUT2D eigenvalue weighted by Crippen LogP contribution is 2.59. The van der Waals surface area contributed by atoms with Crippen molar-refractivity contribution < 1.29 is 4.79 Å². The van der Waals surface area contributed by atoms with Crippen LogP contribution in [0.3, 0.4) is 0 Å². The Morgan fingerprint density at radius 3 is 2.40 bits per heavy atom. The van der Waals surface area contributed by atoms with Crippen LogP contribution in [0.1, 0.15) is 56.8 Å². The van der Waals surface area contributed by atoms with Crippen molar-refractivity contribution in [1.29, 1.82) is 0 Å². The van der Waals surface area contributed by atoms with E-state index in [-0.39, 0.29) is 5.91 Å². The number of hydrogen-bond donors (Lipinski definition) is 1. The highest BCUT2D eigenvalue weighted by molar-refractivity contribution is 7.99. The number of rotatable bonds is 8. The zero-order chi connectivity index (χ0) is 20.6. The van der Waals surface area contributed by atoms with E-state index < -0.39 is 0 Å². The first-order chi connectivity index (χ1) is 14.6. The monoisotopic (exact) mass is 424 g/mol. The van der Waals surface area contributed by atoms with Crippen molar-refractivity contribution in [1.82, 2.24) is 20.1 Å². The molecule has 6 heteroatoms. The van der Waals surface area contributed by atoms with Gasteiger partial charge in [0, 0.05) is 19.5 Å². The molecule has 2 aromatic rings. The van der Waals surface area contributed by atoms with Gasteiger partial charge in [0.05, 0.1) is 5.75 Å². The molecule has 4 aliphatic rings. The van der Waals surface area contributed by atoms with Gasteiger partial charge in [-0.15, -0.1) is 10.2 Å². The lowest BCUT2D eigenvalue weighted by Crippen LogP contribution is -2.51. The molecule has 0 saturated heterocycles. The second-order valence-electron chi connectivity index (χ2n) is 9.79. The van der Waals surface area contributed by atoms with Gasteiger partial charge in [-0.05, 0) is 74.2 Å². The number of amides is 1. The molecular formula is C24H32N4OS. The SMILES string of the molecule is CCn1c(Cc2ccccc2)nnc1SCC(=O)NCC12CC3CC(CC(C3)C1)C2. The minimum Gasteiger partial charge on any atom is -0.355 e. The third-order valence-corrected chi connectivity index (χ3v) is 8.44. The van der Waals surface area contributed by atoms with Gasteiger partial charge in [-0.2, -0.15) is 0 Å². The molecule has 0 radical (unpaired) electrons. The molecule has 4 saturated carbocycles. The summed E-state index contributed by atoms with van der Waals surface area (Å²) in [5, 5.41) is 12.9. The number of benzene rings is 1. The lowest BCUT2D eigenvalue weighted by molar-refractivity contribution is -0.120. The van der Waals surface area contributed by atoms with Crippen LogP contribution in [0.15, 0.2) is 35.5 Å². The summed E-state index contributed by atoms with van der Waals surface area (Å²) in [5.41, 5.74) is 1.62. The van der Waals surface area contributed by atoms with Crippen LogP contribution in [0.4, 0.5) is 0 Å². The third kappa shape index (κ3) is 4.16. The zero-order valence-electron chi connectivity index (χ0n) is 17.8. The minimum absolute atomic E-state index is 0.131. The van der Waals surface area contributed by atoms with Crippen LogP contribution in [0, 0.1) is 23.2 Å². The Bertz CT molecular complexity index is 859. The standard InChI is InChI=1S/C24H32N4OS/c1-2-28-21(11-17-6-4-3-5-7-17)26-27-23(28)30-15-22(29)25-16-24-12-18-8-19(13-24)10-20(9-18)14-24/h3-7,18-20H,2,8-16H2,1H3,(H,25,29). The van der Waals surface area contributed by atoms with Gasteiger partial charge >= 0.3 is 0 Å². The summed E-state index contributed by atoms with van der Waals surface area (Å²) < 4.78 is 2.13. The quantitative estimate of drug-likeness (QED) is 0.642. The van der Waals surface area contributed by atoms with Crippen LogP contribution in [-0.2, 0) is 17.8 Å². The average Bonchev–Trinajstić information content (AvgIpc) is 3.12. The van der Waals surface area contributed by atoms with E-state index in [9.17, 15) is 4.79 Å². The summed E-state index contributed by atoms with van der Waals surface area (Å²) in [5.74, 6) is 4.28. The number of nitrogens with zero attached hydrogens (tertiary/aromatic N) is 3. The third-order valence-electron chi connectivity index (χ3n) is 7.47. The first-order valence-electron chi connectivity index (χ1n) is 11.5. The minimum atomic E-state index is 0.131. The molecule has 160 valence electrons. The fraction of sp³-hybridized carbons (Fsp3) is 0.625. The van der Waals surface area contributed by atoms with Gasteiger partial charge in [0.2, 0.25) is 5.91 Å². The summed E-state index contributed by atoms with van der Waals surface area (Å²) in [6.45, 7) is 3.79. The highest BCUT2D eigenvalue weighted by Gasteiger charge is 2.50. The smallest absolute Gasteiger partial charge is 0.230 e. The summed E-state index contributed by atoms with van der Waals surface area (Å²) in [6, 6.07) is 10.3. The van der Waals surface area contributed by atoms with E-state index in [0.29, 0.717) is 11.2 Å². The van der Waals surface area contributed by atoms with E-state index in [1.165, 1.54) is 55.9 Å². The zero-order valence-corrected chi connectivity index (χ0v) is 18.7. The molecule has 1 N–H and O–H groups in total. The number of nitrogens with one attached hydrogen (secondary N) is 1. The largest absolute Gasteiger partial charge is 0.355 e. The van der Waals surface area contributed by atoms with Crippen molar-refractivity contribution in [2.45, 2.75) is 63.6 Å². The predicted molar refractivity (Wildman–Crippen MR) is 119 cm³/mol. The molecule has 1 amide bonds. The van der Waals surface area contributed by atoms with E-state index >= 15 is 0 Å². The second kappa shape index (κ2) is 8.37. The van der Waals surface area contributed by atoms with Gasteiger partial charge < -0.3 is 9.88 Å². The van der Waals surface area contributed by atoms with Crippen LogP contribution < -0.4 is 5.32 Å². The van der Waals surface area contributed by atoms with E-state index in [2.05, 4.69) is 39.1 Å². The molecule has 4 bridgehead atoms. The van der Waals surface area contributed by atoms with Crippen LogP contribution in [-0.4, -0.2) is 33.0 Å². The summed E-state index contributed by atoms with van der Waals surface area (Å²) in [7, 11) is 0. The number of hydrogen-bond acceptors (Lipinski definition) is 4. The second-order valence-corrected chi connectivity index (χ2v) is 10.7. The van der Waals surface area contributed by atoms with Gasteiger partial charge in [-0.25, -0.2) is 0 Å². The van der Waals surface area contributed by atoms with Gasteiger partial charge in [-0.1, -0.05) is 42.1 Å². The fourth-order valence-corrected chi connectivity index (χ4v) is 7.48. The molecule has 0 aliphatic heterocycles. The van der Waals surface area contributed by atoms with Crippen molar-refractivity contribution in [3.8, 4) is 0 Å². The van der Waals surface area contributed by atoms with E-state index in [1.54, 1.807) is 0 Å². The van der Waals surface area contributed by atoms with Crippen LogP contribution in [0.2, 0.25) is 0 Å². The van der Waals surface area contributed by atoms with Crippen molar-refractivity contribution >= 4 is 17.7 Å². The van der Waals surface area contributed by atoms with Crippen molar-refractivity contribution in [2.24, 2.45) is 23.2 Å². The fourth-order valence-electron chi connectivity index (χ4n) is 6.63. The van der Waals surface area contributed by atoms with Gasteiger partial charge in [-0.3, -0.25) is 4.79 Å². The maximum absolute atomic E-state index is 12.6. The van der Waals surface area contributed by atoms with Gasteiger partial charge in [0.15, 0.2) is 5.16 Å². The van der Waals surface area contributed by atoms with Gasteiger partial charge in [0.25, 0.3) is 0 Å². The topological polar surface area (TPSA) is 59.8 Å². The Labute approximate surface area is 183 Å². The lowest BCUT2D eigenvalue weighted by atomic mass is 9.49. The Morgan fingerprint density at radius 2 is 1.77 bits per heavy atom. The van der Waals surface area contributed by atoms with E-state index in [0.717, 1.165) is 48.2 Å². The highest BCUT2D eigenvalue weighted by atomic mass is 32.2. The molecule has 0 spiro atoms. The van der Waals surface area contributed by atoms with Crippen molar-refractivity contribution in [2.75, 3.05) is 12.3 Å². The lowest BCUT2D eigenvalue weighted by Gasteiger charge is -2.56. The Kier molecular flexibility index (Phi) is 5.61. The maximum Gasteiger partial charge on any atom is 0.230 e. The molecule has 1 aromatic heterocycles. The summed E-state index contributed by atoms with van der Waals surface area (Å²) in [4.78, 5) is 12.6. The Morgan fingerprint density at radius 1 is 1.10 bits per heavy atom. The molecule has 4 aliphatic carbocycles. The molecule has 1 aromatic carbocycles. The molecule has 0 atom stereocenters.